The summed E-state index contributed by atoms with van der Waals surface area (Å²) in [5, 5.41) is 12.6. The minimum atomic E-state index is -0.117. The molecule has 326 valence electrons. The van der Waals surface area contributed by atoms with E-state index in [9.17, 15) is 0 Å². The van der Waals surface area contributed by atoms with Crippen molar-refractivity contribution in [3.8, 4) is 44.5 Å². The van der Waals surface area contributed by atoms with Crippen molar-refractivity contribution in [1.29, 1.82) is 0 Å². The van der Waals surface area contributed by atoms with Crippen LogP contribution in [0.3, 0.4) is 0 Å². The third kappa shape index (κ3) is 5.90. The first kappa shape index (κ1) is 39.9. The van der Waals surface area contributed by atoms with Crippen LogP contribution in [-0.4, -0.2) is 0 Å². The monoisotopic (exact) mass is 879 g/mol. The van der Waals surface area contributed by atoms with Gasteiger partial charge >= 0.3 is 0 Å². The molecule has 0 N–H and O–H groups in total. The Kier molecular flexibility index (Phi) is 8.45. The highest BCUT2D eigenvalue weighted by Gasteiger charge is 2.38. The first-order chi connectivity index (χ1) is 33.7. The highest BCUT2D eigenvalue weighted by molar-refractivity contribution is 6.24. The first-order valence-corrected chi connectivity index (χ1v) is 24.4. The van der Waals surface area contributed by atoms with Crippen molar-refractivity contribution in [3.05, 3.63) is 247 Å². The van der Waals surface area contributed by atoms with Crippen molar-refractivity contribution < 1.29 is 0 Å². The zero-order valence-electron chi connectivity index (χ0n) is 39.3. The van der Waals surface area contributed by atoms with E-state index in [1.54, 1.807) is 0 Å². The van der Waals surface area contributed by atoms with Crippen LogP contribution >= 0.6 is 0 Å². The molecule has 0 aromatic heterocycles. The van der Waals surface area contributed by atoms with Gasteiger partial charge in [0.05, 0.1) is 0 Å². The van der Waals surface area contributed by atoms with Crippen LogP contribution in [0.15, 0.2) is 224 Å². The number of benzene rings is 12. The molecule has 0 unspecified atom stereocenters. The van der Waals surface area contributed by atoms with Crippen LogP contribution in [0.25, 0.3) is 98.4 Å². The van der Waals surface area contributed by atoms with Crippen LogP contribution in [0.4, 0.5) is 17.1 Å². The Hall–Kier alpha value is -8.26. The molecule has 0 radical (unpaired) electrons. The molecule has 0 aliphatic heterocycles. The molecule has 0 fully saturated rings. The summed E-state index contributed by atoms with van der Waals surface area (Å²) in [5.41, 5.74) is 19.1. The summed E-state index contributed by atoms with van der Waals surface area (Å²) in [6, 6.07) is 84.6. The van der Waals surface area contributed by atoms with E-state index >= 15 is 0 Å². The van der Waals surface area contributed by atoms with Gasteiger partial charge in [0.1, 0.15) is 0 Å². The predicted octanol–water partition coefficient (Wildman–Crippen LogP) is 18.9. The Morgan fingerprint density at radius 3 is 1.17 bits per heavy atom. The van der Waals surface area contributed by atoms with Crippen LogP contribution in [0.2, 0.25) is 0 Å². The standard InChI is InChI=1S/C68H49N/c1-67(2)63-23-13-11-21-55(63)57-33-31-49(38-65(57)67)69(50-32-34-58-56-22-12-14-24-64(56)68(3,4)66(58)39-50)48-30-29-44-36-47(28-26-45(44)37-48)60-41-62-53-19-9-7-17-51(53)59(40-61(62)54-20-10-8-18-52(54)60)46-27-25-42-15-5-6-16-43(42)35-46/h5-41H,1-4H3. The summed E-state index contributed by atoms with van der Waals surface area (Å²) in [6.45, 7) is 9.50. The first-order valence-electron chi connectivity index (χ1n) is 24.4. The van der Waals surface area contributed by atoms with Crippen molar-refractivity contribution in [1.82, 2.24) is 0 Å². The van der Waals surface area contributed by atoms with Gasteiger partial charge in [0.25, 0.3) is 0 Å². The maximum absolute atomic E-state index is 2.49. The number of fused-ring (bicyclic) bond motifs is 13. The molecule has 1 nitrogen and oxygen atoms in total. The average molecular weight is 880 g/mol. The molecule has 0 saturated carbocycles. The summed E-state index contributed by atoms with van der Waals surface area (Å²) in [6.07, 6.45) is 0. The zero-order chi connectivity index (χ0) is 46.2. The normalized spacial score (nSPS) is 14.0. The molecule has 0 spiro atoms. The highest BCUT2D eigenvalue weighted by Crippen LogP contribution is 2.53. The minimum absolute atomic E-state index is 0.117. The van der Waals surface area contributed by atoms with Gasteiger partial charge in [-0.1, -0.05) is 191 Å². The number of anilines is 3. The van der Waals surface area contributed by atoms with E-state index in [1.165, 1.54) is 121 Å². The van der Waals surface area contributed by atoms with Gasteiger partial charge in [-0.05, 0) is 181 Å². The maximum atomic E-state index is 2.49. The van der Waals surface area contributed by atoms with Crippen molar-refractivity contribution in [2.24, 2.45) is 0 Å². The van der Waals surface area contributed by atoms with Gasteiger partial charge in [0.15, 0.2) is 0 Å². The van der Waals surface area contributed by atoms with Crippen LogP contribution in [0.5, 0.6) is 0 Å². The molecule has 0 saturated heterocycles. The van der Waals surface area contributed by atoms with Crippen molar-refractivity contribution in [3.63, 3.8) is 0 Å². The Labute approximate surface area is 403 Å². The van der Waals surface area contributed by atoms with Crippen LogP contribution in [0.1, 0.15) is 49.9 Å². The second-order valence-corrected chi connectivity index (χ2v) is 20.5. The van der Waals surface area contributed by atoms with Crippen LogP contribution < -0.4 is 4.90 Å². The second kappa shape index (κ2) is 14.6. The third-order valence-corrected chi connectivity index (χ3v) is 16.0. The Balaban J connectivity index is 0.915. The fourth-order valence-corrected chi connectivity index (χ4v) is 12.4. The lowest BCUT2D eigenvalue weighted by Crippen LogP contribution is -2.18. The molecule has 1 heteroatoms. The van der Waals surface area contributed by atoms with Gasteiger partial charge in [-0.25, -0.2) is 0 Å². The summed E-state index contributed by atoms with van der Waals surface area (Å²) in [5.74, 6) is 0. The highest BCUT2D eigenvalue weighted by atomic mass is 15.1. The molecule has 0 amide bonds. The smallest absolute Gasteiger partial charge is 0.0468 e. The molecule has 2 aliphatic rings. The fourth-order valence-electron chi connectivity index (χ4n) is 12.4. The van der Waals surface area contributed by atoms with E-state index in [0.29, 0.717) is 0 Å². The molecule has 12 aromatic carbocycles. The van der Waals surface area contributed by atoms with Crippen molar-refractivity contribution in [2.45, 2.75) is 38.5 Å². The van der Waals surface area contributed by atoms with E-state index < -0.39 is 0 Å². The second-order valence-electron chi connectivity index (χ2n) is 20.5. The topological polar surface area (TPSA) is 3.24 Å². The quantitative estimate of drug-likeness (QED) is 0.156. The number of hydrogen-bond donors (Lipinski definition) is 0. The molecule has 69 heavy (non-hydrogen) atoms. The lowest BCUT2D eigenvalue weighted by molar-refractivity contribution is 0.660. The van der Waals surface area contributed by atoms with Gasteiger partial charge in [-0.2, -0.15) is 0 Å². The van der Waals surface area contributed by atoms with E-state index in [4.69, 9.17) is 0 Å². The number of hydrogen-bond acceptors (Lipinski definition) is 1. The largest absolute Gasteiger partial charge is 0.310 e. The SMILES string of the molecule is CC1(C)c2ccccc2-c2ccc(N(c3ccc4c(c3)C(C)(C)c3ccccc3-4)c3ccc4cc(-c5cc6c7ccccc7c(-c7ccc8ccccc8c7)cc6c6ccccc56)ccc4c3)cc21. The summed E-state index contributed by atoms with van der Waals surface area (Å²) in [4.78, 5) is 2.49. The van der Waals surface area contributed by atoms with Crippen molar-refractivity contribution in [2.75, 3.05) is 4.90 Å². The van der Waals surface area contributed by atoms with Crippen molar-refractivity contribution >= 4 is 70.9 Å². The Bertz CT molecular complexity index is 4040. The zero-order valence-corrected chi connectivity index (χ0v) is 39.3. The number of rotatable bonds is 5. The lowest BCUT2D eigenvalue weighted by atomic mass is 9.82. The predicted molar refractivity (Wildman–Crippen MR) is 295 cm³/mol. The summed E-state index contributed by atoms with van der Waals surface area (Å²) >= 11 is 0. The molecule has 14 rings (SSSR count). The maximum Gasteiger partial charge on any atom is 0.0468 e. The molecular formula is C68H49N. The van der Waals surface area contributed by atoms with Gasteiger partial charge in [0.2, 0.25) is 0 Å². The fraction of sp³-hybridized carbons (Fsp3) is 0.0882. The summed E-state index contributed by atoms with van der Waals surface area (Å²) < 4.78 is 0. The van der Waals surface area contributed by atoms with E-state index in [1.807, 2.05) is 0 Å². The van der Waals surface area contributed by atoms with Gasteiger partial charge < -0.3 is 4.90 Å². The molecule has 0 bridgehead atoms. The molecule has 12 aromatic rings. The van der Waals surface area contributed by atoms with E-state index in [-0.39, 0.29) is 10.8 Å². The van der Waals surface area contributed by atoms with Gasteiger partial charge in [-0.15, -0.1) is 0 Å². The molecular weight excluding hydrogens is 831 g/mol. The van der Waals surface area contributed by atoms with E-state index in [0.717, 1.165) is 17.1 Å². The number of nitrogens with zero attached hydrogens (tertiary/aromatic N) is 1. The summed E-state index contributed by atoms with van der Waals surface area (Å²) in [7, 11) is 0. The minimum Gasteiger partial charge on any atom is -0.310 e. The lowest BCUT2D eigenvalue weighted by Gasteiger charge is -2.30. The Morgan fingerprint density at radius 2 is 0.623 bits per heavy atom. The molecule has 0 atom stereocenters. The van der Waals surface area contributed by atoms with Crippen LogP contribution in [0, 0.1) is 0 Å². The third-order valence-electron chi connectivity index (χ3n) is 16.0. The van der Waals surface area contributed by atoms with Crippen LogP contribution in [-0.2, 0) is 10.8 Å². The van der Waals surface area contributed by atoms with Gasteiger partial charge in [0, 0.05) is 27.9 Å². The molecule has 0 heterocycles. The van der Waals surface area contributed by atoms with E-state index in [2.05, 4.69) is 257 Å². The Morgan fingerprint density at radius 1 is 0.246 bits per heavy atom. The average Bonchev–Trinajstić information content (AvgIpc) is 3.76. The van der Waals surface area contributed by atoms with Gasteiger partial charge in [-0.3, -0.25) is 0 Å². The molecule has 2 aliphatic carbocycles.